The highest BCUT2D eigenvalue weighted by atomic mass is 32.1. The molecule has 0 spiro atoms. The molecule has 0 radical (unpaired) electrons. The van der Waals surface area contributed by atoms with Gasteiger partial charge < -0.3 is 0 Å². The summed E-state index contributed by atoms with van der Waals surface area (Å²) in [4.78, 5) is 1.54. The minimum absolute atomic E-state index is 1.18. The van der Waals surface area contributed by atoms with Gasteiger partial charge >= 0.3 is 0 Å². The van der Waals surface area contributed by atoms with Crippen LogP contribution in [0.25, 0.3) is 5.57 Å². The number of allylic oxidation sites excluding steroid dienone is 4. The predicted molar refractivity (Wildman–Crippen MR) is 80.6 cm³/mol. The summed E-state index contributed by atoms with van der Waals surface area (Å²) in [5, 5.41) is 2.22. The molecule has 0 nitrogen and oxygen atoms in total. The first-order valence-electron chi connectivity index (χ1n) is 6.54. The van der Waals surface area contributed by atoms with E-state index in [9.17, 15) is 0 Å². The first-order chi connectivity index (χ1) is 8.19. The van der Waals surface area contributed by atoms with E-state index in [4.69, 9.17) is 0 Å². The average Bonchev–Trinajstić information content (AvgIpc) is 2.81. The molecule has 0 unspecified atom stereocenters. The average molecular weight is 248 g/mol. The Bertz CT molecular complexity index is 393. The Morgan fingerprint density at radius 2 is 2.12 bits per heavy atom. The van der Waals surface area contributed by atoms with Gasteiger partial charge in [-0.25, -0.2) is 0 Å². The number of aryl methyl sites for hydroxylation is 1. The van der Waals surface area contributed by atoms with Gasteiger partial charge in [0.05, 0.1) is 0 Å². The maximum atomic E-state index is 2.37. The standard InChI is InChI=1S/C16H24S/c1-5-7-8-14(4)15-11-12-17-16(15)10-9-13(3)6-2/h6,8,11-12H,5,7,9-10H2,1-4H3/b13-6+,14-8-. The Balaban J connectivity index is 2.72. The molecule has 1 aromatic rings. The molecule has 0 amide bonds. The van der Waals surface area contributed by atoms with Crippen LogP contribution in [0.5, 0.6) is 0 Å². The number of rotatable bonds is 6. The zero-order chi connectivity index (χ0) is 12.7. The lowest BCUT2D eigenvalue weighted by molar-refractivity contribution is 0.948. The van der Waals surface area contributed by atoms with Gasteiger partial charge in [-0.1, -0.05) is 31.1 Å². The van der Waals surface area contributed by atoms with Gasteiger partial charge in [0.25, 0.3) is 0 Å². The van der Waals surface area contributed by atoms with E-state index in [0.29, 0.717) is 0 Å². The van der Waals surface area contributed by atoms with Crippen molar-refractivity contribution in [3.8, 4) is 0 Å². The van der Waals surface area contributed by atoms with Crippen LogP contribution < -0.4 is 0 Å². The van der Waals surface area contributed by atoms with Crippen LogP contribution >= 0.6 is 11.3 Å². The number of unbranched alkanes of at least 4 members (excludes halogenated alkanes) is 1. The van der Waals surface area contributed by atoms with E-state index < -0.39 is 0 Å². The zero-order valence-electron chi connectivity index (χ0n) is 11.5. The summed E-state index contributed by atoms with van der Waals surface area (Å²) < 4.78 is 0. The Morgan fingerprint density at radius 3 is 2.76 bits per heavy atom. The van der Waals surface area contributed by atoms with Crippen LogP contribution in [-0.2, 0) is 6.42 Å². The van der Waals surface area contributed by atoms with Crippen molar-refractivity contribution < 1.29 is 0 Å². The van der Waals surface area contributed by atoms with Crippen LogP contribution in [0.1, 0.15) is 57.4 Å². The van der Waals surface area contributed by atoms with Gasteiger partial charge in [0.2, 0.25) is 0 Å². The maximum absolute atomic E-state index is 2.37. The van der Waals surface area contributed by atoms with Gasteiger partial charge in [-0.15, -0.1) is 11.3 Å². The van der Waals surface area contributed by atoms with Crippen LogP contribution in [0.15, 0.2) is 29.2 Å². The molecule has 0 aliphatic heterocycles. The summed E-state index contributed by atoms with van der Waals surface area (Å²) in [6.45, 7) is 8.81. The molecule has 0 aliphatic carbocycles. The molecule has 0 atom stereocenters. The second kappa shape index (κ2) is 7.50. The molecule has 0 aromatic carbocycles. The molecule has 1 heterocycles. The fourth-order valence-electron chi connectivity index (χ4n) is 1.81. The molecule has 0 saturated heterocycles. The monoisotopic (exact) mass is 248 g/mol. The molecular formula is C16H24S. The predicted octanol–water partition coefficient (Wildman–Crippen LogP) is 5.85. The largest absolute Gasteiger partial charge is 0.148 e. The molecule has 0 saturated carbocycles. The van der Waals surface area contributed by atoms with Gasteiger partial charge in [0.1, 0.15) is 0 Å². The first kappa shape index (κ1) is 14.2. The first-order valence-corrected chi connectivity index (χ1v) is 7.42. The minimum atomic E-state index is 1.18. The summed E-state index contributed by atoms with van der Waals surface area (Å²) in [5.74, 6) is 0. The quantitative estimate of drug-likeness (QED) is 0.554. The molecular weight excluding hydrogens is 224 g/mol. The summed E-state index contributed by atoms with van der Waals surface area (Å²) in [6, 6.07) is 2.27. The van der Waals surface area contributed by atoms with Crippen molar-refractivity contribution in [3.05, 3.63) is 39.6 Å². The third kappa shape index (κ3) is 4.51. The second-order valence-corrected chi connectivity index (χ2v) is 5.57. The minimum Gasteiger partial charge on any atom is -0.148 e. The third-order valence-electron chi connectivity index (χ3n) is 3.15. The lowest BCUT2D eigenvalue weighted by Crippen LogP contribution is -1.88. The van der Waals surface area contributed by atoms with Crippen molar-refractivity contribution >= 4 is 16.9 Å². The third-order valence-corrected chi connectivity index (χ3v) is 4.13. The van der Waals surface area contributed by atoms with Crippen LogP contribution in [0.2, 0.25) is 0 Å². The second-order valence-electron chi connectivity index (χ2n) is 4.57. The van der Waals surface area contributed by atoms with Crippen LogP contribution in [0, 0.1) is 0 Å². The highest BCUT2D eigenvalue weighted by Gasteiger charge is 2.05. The molecule has 17 heavy (non-hydrogen) atoms. The van der Waals surface area contributed by atoms with Crippen molar-refractivity contribution in [3.63, 3.8) is 0 Å². The fraction of sp³-hybridized carbons (Fsp3) is 0.500. The van der Waals surface area contributed by atoms with Gasteiger partial charge in [-0.2, -0.15) is 0 Å². The Kier molecular flexibility index (Phi) is 6.28. The van der Waals surface area contributed by atoms with Crippen molar-refractivity contribution in [2.75, 3.05) is 0 Å². The summed E-state index contributed by atoms with van der Waals surface area (Å²) in [6.07, 6.45) is 9.37. The van der Waals surface area contributed by atoms with Gasteiger partial charge in [0, 0.05) is 4.88 Å². The number of hydrogen-bond donors (Lipinski definition) is 0. The molecule has 1 rings (SSSR count). The van der Waals surface area contributed by atoms with Gasteiger partial charge in [-0.05, 0) is 62.6 Å². The Labute approximate surface area is 110 Å². The summed E-state index contributed by atoms with van der Waals surface area (Å²) in [7, 11) is 0. The lowest BCUT2D eigenvalue weighted by atomic mass is 10.0. The summed E-state index contributed by atoms with van der Waals surface area (Å²) >= 11 is 1.90. The Hall–Kier alpha value is -0.820. The molecule has 94 valence electrons. The molecule has 0 fully saturated rings. The SMILES string of the molecule is C/C=C(\C)CCc1sccc1/C(C)=C\CCC. The van der Waals surface area contributed by atoms with Gasteiger partial charge in [-0.3, -0.25) is 0 Å². The lowest BCUT2D eigenvalue weighted by Gasteiger charge is -2.05. The Morgan fingerprint density at radius 1 is 1.35 bits per heavy atom. The van der Waals surface area contributed by atoms with Gasteiger partial charge in [0.15, 0.2) is 0 Å². The highest BCUT2D eigenvalue weighted by molar-refractivity contribution is 7.10. The van der Waals surface area contributed by atoms with Crippen molar-refractivity contribution in [1.82, 2.24) is 0 Å². The molecule has 0 aliphatic rings. The van der Waals surface area contributed by atoms with Crippen LogP contribution in [0.3, 0.4) is 0 Å². The summed E-state index contributed by atoms with van der Waals surface area (Å²) in [5.41, 5.74) is 4.40. The van der Waals surface area contributed by atoms with E-state index in [1.165, 1.54) is 47.3 Å². The van der Waals surface area contributed by atoms with Crippen molar-refractivity contribution in [1.29, 1.82) is 0 Å². The zero-order valence-corrected chi connectivity index (χ0v) is 12.4. The normalized spacial score (nSPS) is 13.2. The molecule has 1 heteroatoms. The van der Waals surface area contributed by atoms with E-state index >= 15 is 0 Å². The van der Waals surface area contributed by atoms with Crippen molar-refractivity contribution in [2.24, 2.45) is 0 Å². The van der Waals surface area contributed by atoms with E-state index in [1.54, 1.807) is 0 Å². The smallest absolute Gasteiger partial charge is 0.0123 e. The molecule has 1 aromatic heterocycles. The molecule has 0 N–H and O–H groups in total. The van der Waals surface area contributed by atoms with E-state index in [2.05, 4.69) is 51.3 Å². The van der Waals surface area contributed by atoms with Crippen molar-refractivity contribution in [2.45, 2.75) is 53.4 Å². The highest BCUT2D eigenvalue weighted by Crippen LogP contribution is 2.26. The van der Waals surface area contributed by atoms with Crippen LogP contribution in [0.4, 0.5) is 0 Å². The van der Waals surface area contributed by atoms with Crippen LogP contribution in [-0.4, -0.2) is 0 Å². The molecule has 0 bridgehead atoms. The maximum Gasteiger partial charge on any atom is 0.0123 e. The van der Waals surface area contributed by atoms with E-state index in [0.717, 1.165) is 0 Å². The fourth-order valence-corrected chi connectivity index (χ4v) is 2.76. The number of thiophene rings is 1. The van der Waals surface area contributed by atoms with E-state index in [-0.39, 0.29) is 0 Å². The van der Waals surface area contributed by atoms with E-state index in [1.807, 2.05) is 11.3 Å². The topological polar surface area (TPSA) is 0 Å². The number of hydrogen-bond acceptors (Lipinski definition) is 1.